The van der Waals surface area contributed by atoms with Gasteiger partial charge in [-0.1, -0.05) is 26.0 Å². The van der Waals surface area contributed by atoms with Crippen LogP contribution in [0.5, 0.6) is 5.75 Å². The molecule has 0 unspecified atom stereocenters. The fourth-order valence-corrected chi connectivity index (χ4v) is 3.24. The summed E-state index contributed by atoms with van der Waals surface area (Å²) in [5.74, 6) is 1.42. The van der Waals surface area contributed by atoms with Gasteiger partial charge < -0.3 is 19.5 Å². The Morgan fingerprint density at radius 1 is 1.23 bits per heavy atom. The van der Waals surface area contributed by atoms with Gasteiger partial charge in [0.1, 0.15) is 5.75 Å². The molecule has 0 aliphatic carbocycles. The monoisotopic (exact) mass is 363 g/mol. The van der Waals surface area contributed by atoms with Crippen molar-refractivity contribution in [3.05, 3.63) is 29.8 Å². The van der Waals surface area contributed by atoms with E-state index in [0.717, 1.165) is 31.8 Å². The second kappa shape index (κ2) is 10.5. The van der Waals surface area contributed by atoms with E-state index in [4.69, 9.17) is 14.2 Å². The van der Waals surface area contributed by atoms with Crippen LogP contribution in [0.25, 0.3) is 0 Å². The summed E-state index contributed by atoms with van der Waals surface area (Å²) in [7, 11) is 0. The molecule has 1 fully saturated rings. The summed E-state index contributed by atoms with van der Waals surface area (Å²) in [5, 5.41) is 3.11. The molecule has 146 valence electrons. The Morgan fingerprint density at radius 3 is 2.54 bits per heavy atom. The van der Waals surface area contributed by atoms with Gasteiger partial charge in [0.15, 0.2) is 0 Å². The molecule has 1 saturated heterocycles. The molecule has 1 aliphatic rings. The van der Waals surface area contributed by atoms with Gasteiger partial charge in [0.2, 0.25) is 5.91 Å². The molecule has 2 rings (SSSR count). The second-order valence-corrected chi connectivity index (χ2v) is 7.35. The van der Waals surface area contributed by atoms with E-state index >= 15 is 0 Å². The Labute approximate surface area is 157 Å². The summed E-state index contributed by atoms with van der Waals surface area (Å²) in [6.07, 6.45) is 2.22. The summed E-state index contributed by atoms with van der Waals surface area (Å²) in [6, 6.07) is 8.26. The predicted octanol–water partition coefficient (Wildman–Crippen LogP) is 3.31. The van der Waals surface area contributed by atoms with Gasteiger partial charge in [-0.15, -0.1) is 0 Å². The SMILES string of the molecule is CCOc1ccc(C2(CNC(=O)CCOCC(C)C)CCOCC2)cc1. The molecule has 1 aromatic rings. The largest absolute Gasteiger partial charge is 0.494 e. The van der Waals surface area contributed by atoms with E-state index in [-0.39, 0.29) is 11.3 Å². The highest BCUT2D eigenvalue weighted by Crippen LogP contribution is 2.35. The molecule has 0 radical (unpaired) electrons. The number of carbonyl (C=O) groups excluding carboxylic acids is 1. The van der Waals surface area contributed by atoms with Crippen molar-refractivity contribution in [1.29, 1.82) is 0 Å². The van der Waals surface area contributed by atoms with E-state index in [1.165, 1.54) is 5.56 Å². The summed E-state index contributed by atoms with van der Waals surface area (Å²) >= 11 is 0. The molecule has 1 amide bonds. The third kappa shape index (κ3) is 6.29. The normalized spacial score (nSPS) is 16.5. The molecule has 0 aromatic heterocycles. The first-order chi connectivity index (χ1) is 12.6. The summed E-state index contributed by atoms with van der Waals surface area (Å²) in [5.41, 5.74) is 1.16. The summed E-state index contributed by atoms with van der Waals surface area (Å²) in [6.45, 7) is 10.1. The van der Waals surface area contributed by atoms with Crippen LogP contribution in [0.1, 0.15) is 45.6 Å². The smallest absolute Gasteiger partial charge is 0.222 e. The van der Waals surface area contributed by atoms with Crippen LogP contribution in [0, 0.1) is 5.92 Å². The minimum Gasteiger partial charge on any atom is -0.494 e. The summed E-state index contributed by atoms with van der Waals surface area (Å²) in [4.78, 5) is 12.2. The molecule has 0 atom stereocenters. The number of ether oxygens (including phenoxy) is 3. The highest BCUT2D eigenvalue weighted by Gasteiger charge is 2.34. The lowest BCUT2D eigenvalue weighted by atomic mass is 9.74. The van der Waals surface area contributed by atoms with Gasteiger partial charge in [0.05, 0.1) is 13.2 Å². The van der Waals surface area contributed by atoms with Gasteiger partial charge >= 0.3 is 0 Å². The van der Waals surface area contributed by atoms with Gasteiger partial charge in [0.25, 0.3) is 0 Å². The van der Waals surface area contributed by atoms with E-state index in [1.807, 2.05) is 19.1 Å². The van der Waals surface area contributed by atoms with E-state index in [9.17, 15) is 4.79 Å². The highest BCUT2D eigenvalue weighted by molar-refractivity contribution is 5.76. The number of hydrogen-bond acceptors (Lipinski definition) is 4. The first-order valence-corrected chi connectivity index (χ1v) is 9.71. The van der Waals surface area contributed by atoms with Crippen molar-refractivity contribution in [1.82, 2.24) is 5.32 Å². The maximum Gasteiger partial charge on any atom is 0.222 e. The molecule has 5 heteroatoms. The number of carbonyl (C=O) groups is 1. The lowest BCUT2D eigenvalue weighted by Gasteiger charge is -2.38. The lowest BCUT2D eigenvalue weighted by Crippen LogP contribution is -2.44. The van der Waals surface area contributed by atoms with Crippen LogP contribution in [0.15, 0.2) is 24.3 Å². The quantitative estimate of drug-likeness (QED) is 0.648. The Bertz CT molecular complexity index is 535. The molecule has 26 heavy (non-hydrogen) atoms. The van der Waals surface area contributed by atoms with Crippen molar-refractivity contribution < 1.29 is 19.0 Å². The van der Waals surface area contributed by atoms with Gasteiger partial charge in [-0.25, -0.2) is 0 Å². The zero-order chi connectivity index (χ0) is 18.8. The van der Waals surface area contributed by atoms with Crippen LogP contribution in [-0.4, -0.2) is 45.5 Å². The maximum absolute atomic E-state index is 12.2. The van der Waals surface area contributed by atoms with Gasteiger partial charge in [-0.3, -0.25) is 4.79 Å². The standard InChI is InChI=1S/C21H33NO4/c1-4-26-19-7-5-18(6-8-19)21(10-13-24-14-11-21)16-22-20(23)9-12-25-15-17(2)3/h5-8,17H,4,9-16H2,1-3H3,(H,22,23). The van der Waals surface area contributed by atoms with Crippen molar-refractivity contribution in [3.63, 3.8) is 0 Å². The average molecular weight is 363 g/mol. The van der Waals surface area contributed by atoms with Gasteiger partial charge in [-0.05, 0) is 43.4 Å². The van der Waals surface area contributed by atoms with Crippen LogP contribution in [0.3, 0.4) is 0 Å². The fraction of sp³-hybridized carbons (Fsp3) is 0.667. The minimum atomic E-state index is -0.0720. The molecule has 5 nitrogen and oxygen atoms in total. The molecule has 1 N–H and O–H groups in total. The third-order valence-corrected chi connectivity index (χ3v) is 4.78. The summed E-state index contributed by atoms with van der Waals surface area (Å²) < 4.78 is 16.6. The molecular formula is C21H33NO4. The van der Waals surface area contributed by atoms with Crippen LogP contribution in [0.4, 0.5) is 0 Å². The Hall–Kier alpha value is -1.59. The van der Waals surface area contributed by atoms with Crippen molar-refractivity contribution in [2.45, 2.75) is 45.4 Å². The van der Waals surface area contributed by atoms with E-state index < -0.39 is 0 Å². The van der Waals surface area contributed by atoms with E-state index in [0.29, 0.717) is 38.7 Å². The zero-order valence-electron chi connectivity index (χ0n) is 16.4. The van der Waals surface area contributed by atoms with Crippen molar-refractivity contribution >= 4 is 5.91 Å². The van der Waals surface area contributed by atoms with Crippen LogP contribution in [-0.2, 0) is 19.7 Å². The first kappa shape index (κ1) is 20.7. The number of hydrogen-bond donors (Lipinski definition) is 1. The maximum atomic E-state index is 12.2. The lowest BCUT2D eigenvalue weighted by molar-refractivity contribution is -0.122. The average Bonchev–Trinajstić information content (AvgIpc) is 2.65. The number of rotatable bonds is 10. The second-order valence-electron chi connectivity index (χ2n) is 7.35. The fourth-order valence-electron chi connectivity index (χ4n) is 3.24. The first-order valence-electron chi connectivity index (χ1n) is 9.71. The highest BCUT2D eigenvalue weighted by atomic mass is 16.5. The molecular weight excluding hydrogens is 330 g/mol. The molecule has 0 spiro atoms. The Kier molecular flexibility index (Phi) is 8.39. The van der Waals surface area contributed by atoms with Crippen molar-refractivity contribution in [2.75, 3.05) is 39.6 Å². The number of benzene rings is 1. The molecule has 0 saturated carbocycles. The third-order valence-electron chi connectivity index (χ3n) is 4.78. The van der Waals surface area contributed by atoms with Crippen LogP contribution >= 0.6 is 0 Å². The van der Waals surface area contributed by atoms with E-state index in [2.05, 4.69) is 31.3 Å². The molecule has 1 heterocycles. The van der Waals surface area contributed by atoms with Crippen molar-refractivity contribution in [2.24, 2.45) is 5.92 Å². The minimum absolute atomic E-state index is 0.0468. The topological polar surface area (TPSA) is 56.8 Å². The molecule has 1 aromatic carbocycles. The van der Waals surface area contributed by atoms with Crippen molar-refractivity contribution in [3.8, 4) is 5.75 Å². The molecule has 0 bridgehead atoms. The van der Waals surface area contributed by atoms with Gasteiger partial charge in [0, 0.05) is 38.2 Å². The van der Waals surface area contributed by atoms with E-state index in [1.54, 1.807) is 0 Å². The Morgan fingerprint density at radius 2 is 1.92 bits per heavy atom. The predicted molar refractivity (Wildman–Crippen MR) is 103 cm³/mol. The van der Waals surface area contributed by atoms with Crippen LogP contribution in [0.2, 0.25) is 0 Å². The number of amides is 1. The molecule has 1 aliphatic heterocycles. The van der Waals surface area contributed by atoms with Crippen LogP contribution < -0.4 is 10.1 Å². The van der Waals surface area contributed by atoms with Gasteiger partial charge in [-0.2, -0.15) is 0 Å². The zero-order valence-corrected chi connectivity index (χ0v) is 16.4. The Balaban J connectivity index is 1.92. The number of nitrogens with one attached hydrogen (secondary N) is 1.